The molecule has 2 atom stereocenters. The quantitative estimate of drug-likeness (QED) is 0.607. The summed E-state index contributed by atoms with van der Waals surface area (Å²) in [5, 5.41) is 8.23. The zero-order valence-electron chi connectivity index (χ0n) is 17.5. The molecule has 1 unspecified atom stereocenters. The fraction of sp³-hybridized carbons (Fsp3) is 0.524. The Morgan fingerprint density at radius 2 is 1.94 bits per heavy atom. The minimum atomic E-state index is -4.10. The predicted molar refractivity (Wildman–Crippen MR) is 119 cm³/mol. The molecule has 0 bridgehead atoms. The van der Waals surface area contributed by atoms with Gasteiger partial charge in [0.1, 0.15) is 0 Å². The minimum absolute atomic E-state index is 0.0823. The number of ether oxygens (including phenoxy) is 1. The summed E-state index contributed by atoms with van der Waals surface area (Å²) in [4.78, 5) is 12.7. The summed E-state index contributed by atoms with van der Waals surface area (Å²) in [6.07, 6.45) is 7.26. The third-order valence-corrected chi connectivity index (χ3v) is 10.4. The van der Waals surface area contributed by atoms with Crippen molar-refractivity contribution in [1.29, 1.82) is 0 Å². The number of nitrogens with one attached hydrogen (secondary N) is 2. The van der Waals surface area contributed by atoms with Crippen molar-refractivity contribution in [2.24, 2.45) is 0 Å². The number of aromatic nitrogens is 2. The van der Waals surface area contributed by atoms with Gasteiger partial charge in [0, 0.05) is 0 Å². The van der Waals surface area contributed by atoms with Gasteiger partial charge in [0.15, 0.2) is 0 Å². The van der Waals surface area contributed by atoms with Gasteiger partial charge in [0.05, 0.1) is 0 Å². The van der Waals surface area contributed by atoms with Crippen LogP contribution in [0.3, 0.4) is 0 Å². The predicted octanol–water partition coefficient (Wildman–Crippen LogP) is 2.43. The molecule has 0 radical (unpaired) electrons. The van der Waals surface area contributed by atoms with E-state index in [0.29, 0.717) is 17.9 Å². The fourth-order valence-corrected chi connectivity index (χ4v) is 8.21. The number of carbonyl (C=O) groups is 1. The summed E-state index contributed by atoms with van der Waals surface area (Å²) in [5.74, 6) is 0.223. The van der Waals surface area contributed by atoms with Gasteiger partial charge in [0.25, 0.3) is 0 Å². The standard InChI is InChI=1S/C21H27AsN4O4S/c1-2-22-15-11-26-20(30-12-15)18(10-23-26)31(28,29)25-21(27)24-19-16-7-3-5-13(16)9-14-6-4-8-17(14)19/h9-10,15,22H,2-8,11-12H2,1H3,(H2,24,25,27)/t15-/m0/s1. The number of anilines is 1. The first-order chi connectivity index (χ1) is 15.0. The Bertz CT molecular complexity index is 1110. The molecule has 0 spiro atoms. The molecule has 8 nitrogen and oxygen atoms in total. The van der Waals surface area contributed by atoms with Crippen LogP contribution in [-0.2, 0) is 42.3 Å². The van der Waals surface area contributed by atoms with Crippen molar-refractivity contribution in [3.05, 3.63) is 34.5 Å². The van der Waals surface area contributed by atoms with Gasteiger partial charge in [-0.1, -0.05) is 6.07 Å². The van der Waals surface area contributed by atoms with Gasteiger partial charge in [0.2, 0.25) is 0 Å². The van der Waals surface area contributed by atoms with Crippen LogP contribution in [0.1, 0.15) is 42.0 Å². The summed E-state index contributed by atoms with van der Waals surface area (Å²) in [6, 6.07) is 1.54. The number of sulfonamides is 1. The topological polar surface area (TPSA) is 102 Å². The third kappa shape index (κ3) is 3.87. The van der Waals surface area contributed by atoms with Crippen LogP contribution in [0.5, 0.6) is 5.88 Å². The summed E-state index contributed by atoms with van der Waals surface area (Å²) < 4.78 is 35.9. The van der Waals surface area contributed by atoms with Crippen molar-refractivity contribution >= 4 is 37.5 Å². The van der Waals surface area contributed by atoms with E-state index in [1.54, 1.807) is 4.68 Å². The first-order valence-corrected chi connectivity index (χ1v) is 15.1. The molecule has 0 saturated carbocycles. The number of hydrogen-bond donors (Lipinski definition) is 2. The molecular weight excluding hydrogens is 479 g/mol. The number of nitrogens with zero attached hydrogens (tertiary/aromatic N) is 2. The Balaban J connectivity index is 1.36. The Morgan fingerprint density at radius 1 is 1.23 bits per heavy atom. The van der Waals surface area contributed by atoms with E-state index in [1.807, 2.05) is 0 Å². The molecule has 2 N–H and O–H groups in total. The molecule has 2 aliphatic carbocycles. The van der Waals surface area contributed by atoms with E-state index in [2.05, 4.69) is 28.1 Å². The number of benzene rings is 1. The number of urea groups is 1. The van der Waals surface area contributed by atoms with Gasteiger partial charge >= 0.3 is 157 Å². The van der Waals surface area contributed by atoms with Gasteiger partial charge < -0.3 is 0 Å². The first-order valence-electron chi connectivity index (χ1n) is 10.9. The summed E-state index contributed by atoms with van der Waals surface area (Å²) in [7, 11) is -4.10. The van der Waals surface area contributed by atoms with Crippen molar-refractivity contribution in [2.45, 2.75) is 66.8 Å². The van der Waals surface area contributed by atoms with Crippen LogP contribution >= 0.6 is 0 Å². The molecule has 2 heterocycles. The SMILES string of the molecule is CC[AsH][C@@H]1COc2c(S(=O)(=O)NC(=O)Nc3c4c(cc5c3CCC5)CCC4)cnn2C1. The number of fused-ring (bicyclic) bond motifs is 3. The maximum atomic E-state index is 12.9. The third-order valence-electron chi connectivity index (χ3n) is 6.30. The molecule has 31 heavy (non-hydrogen) atoms. The average molecular weight is 506 g/mol. The Kier molecular flexibility index (Phi) is 5.50. The second kappa shape index (κ2) is 8.17. The summed E-state index contributed by atoms with van der Waals surface area (Å²) in [5.41, 5.74) is 5.69. The fourth-order valence-electron chi connectivity index (χ4n) is 4.95. The molecule has 1 aliphatic heterocycles. The van der Waals surface area contributed by atoms with Crippen LogP contribution < -0.4 is 14.8 Å². The number of rotatable bonds is 5. The summed E-state index contributed by atoms with van der Waals surface area (Å²) in [6.45, 7) is 3.35. The molecule has 1 aromatic carbocycles. The normalized spacial score (nSPS) is 19.7. The van der Waals surface area contributed by atoms with Gasteiger partial charge in [-0.05, 0) is 25.7 Å². The molecule has 2 amide bonds. The zero-order valence-corrected chi connectivity index (χ0v) is 20.4. The van der Waals surface area contributed by atoms with E-state index in [4.69, 9.17) is 4.74 Å². The van der Waals surface area contributed by atoms with Crippen LogP contribution in [0, 0.1) is 0 Å². The molecule has 0 fully saturated rings. The van der Waals surface area contributed by atoms with Crippen molar-refractivity contribution in [3.63, 3.8) is 0 Å². The van der Waals surface area contributed by atoms with Crippen LogP contribution in [0.15, 0.2) is 17.2 Å². The van der Waals surface area contributed by atoms with E-state index < -0.39 is 16.1 Å². The van der Waals surface area contributed by atoms with E-state index in [0.717, 1.165) is 60.5 Å². The number of carbonyl (C=O) groups excluding carboxylic acids is 1. The molecule has 3 aliphatic rings. The van der Waals surface area contributed by atoms with Gasteiger partial charge in [-0.25, -0.2) is 0 Å². The second-order valence-corrected chi connectivity index (χ2v) is 14.1. The van der Waals surface area contributed by atoms with Crippen LogP contribution in [-0.4, -0.2) is 46.6 Å². The molecule has 1 aromatic heterocycles. The van der Waals surface area contributed by atoms with Crippen molar-refractivity contribution in [1.82, 2.24) is 14.5 Å². The van der Waals surface area contributed by atoms with E-state index >= 15 is 0 Å². The van der Waals surface area contributed by atoms with Crippen molar-refractivity contribution < 1.29 is 17.9 Å². The van der Waals surface area contributed by atoms with Crippen LogP contribution in [0.2, 0.25) is 9.91 Å². The average Bonchev–Trinajstić information content (AvgIpc) is 3.46. The van der Waals surface area contributed by atoms with Crippen LogP contribution in [0.4, 0.5) is 10.5 Å². The number of amides is 2. The molecule has 2 aromatic rings. The van der Waals surface area contributed by atoms with E-state index in [-0.39, 0.29) is 26.5 Å². The zero-order chi connectivity index (χ0) is 21.6. The van der Waals surface area contributed by atoms with E-state index in [1.165, 1.54) is 17.3 Å². The van der Waals surface area contributed by atoms with Crippen molar-refractivity contribution in [2.75, 3.05) is 11.9 Å². The Hall–Kier alpha value is -1.99. The maximum absolute atomic E-state index is 12.9. The molecular formula is C21H27AsN4O4S. The van der Waals surface area contributed by atoms with E-state index in [9.17, 15) is 13.2 Å². The van der Waals surface area contributed by atoms with Crippen molar-refractivity contribution in [3.8, 4) is 5.88 Å². The Morgan fingerprint density at radius 3 is 2.61 bits per heavy atom. The monoisotopic (exact) mass is 506 g/mol. The van der Waals surface area contributed by atoms with Gasteiger partial charge in [-0.3, -0.25) is 0 Å². The molecule has 166 valence electrons. The van der Waals surface area contributed by atoms with Crippen LogP contribution in [0.25, 0.3) is 0 Å². The number of aryl methyl sites for hydroxylation is 2. The molecule has 5 rings (SSSR count). The summed E-state index contributed by atoms with van der Waals surface area (Å²) >= 11 is -0.139. The van der Waals surface area contributed by atoms with Gasteiger partial charge in [-0.2, -0.15) is 0 Å². The second-order valence-electron chi connectivity index (χ2n) is 8.36. The first kappa shape index (κ1) is 20.9. The number of hydrogen-bond acceptors (Lipinski definition) is 5. The van der Waals surface area contributed by atoms with Gasteiger partial charge in [-0.15, -0.1) is 0 Å². The molecule has 10 heteroatoms. The molecule has 0 saturated heterocycles. The Labute approximate surface area is 188 Å².